The van der Waals surface area contributed by atoms with Crippen molar-refractivity contribution in [2.24, 2.45) is 11.0 Å². The van der Waals surface area contributed by atoms with Gasteiger partial charge >= 0.3 is 0 Å². The van der Waals surface area contributed by atoms with E-state index in [-0.39, 0.29) is 12.0 Å². The van der Waals surface area contributed by atoms with E-state index in [1.54, 1.807) is 0 Å². The quantitative estimate of drug-likeness (QED) is 0.298. The molecule has 0 saturated carbocycles. The Hall–Kier alpha value is -0.770. The van der Waals surface area contributed by atoms with Crippen molar-refractivity contribution in [3.63, 3.8) is 0 Å². The molecule has 0 unspecified atom stereocenters. The topological polar surface area (TPSA) is 95.1 Å². The van der Waals surface area contributed by atoms with Crippen LogP contribution in [0.15, 0.2) is 5.11 Å². The molecule has 0 aliphatic heterocycles. The maximum Gasteiger partial charge on any atom is 0.142 e. The summed E-state index contributed by atoms with van der Waals surface area (Å²) in [6, 6.07) is 0. The van der Waals surface area contributed by atoms with Gasteiger partial charge in [0.15, 0.2) is 0 Å². The fourth-order valence-electron chi connectivity index (χ4n) is 0.432. The molecule has 0 spiro atoms. The van der Waals surface area contributed by atoms with Crippen molar-refractivity contribution in [1.82, 2.24) is 6.15 Å². The van der Waals surface area contributed by atoms with E-state index in [0.717, 1.165) is 0 Å². The molecule has 9 heavy (non-hydrogen) atoms. The molecular weight excluding hydrogens is 116 g/mol. The van der Waals surface area contributed by atoms with E-state index in [0.29, 0.717) is 12.3 Å². The molecule has 0 saturated heterocycles. The third-order valence-corrected chi connectivity index (χ3v) is 0.737. The fourth-order valence-corrected chi connectivity index (χ4v) is 0.432. The summed E-state index contributed by atoms with van der Waals surface area (Å²) in [5, 5.41) is 9.88. The second-order valence-electron chi connectivity index (χ2n) is 2.16. The Kier molecular flexibility index (Phi) is 6.61. The molecule has 0 heterocycles. The molecule has 0 atom stereocenters. The highest BCUT2D eigenvalue weighted by molar-refractivity contribution is 5.78. The number of nitrogens with zero attached hydrogens (tertiary/aromatic N) is 1. The van der Waals surface area contributed by atoms with Gasteiger partial charge < -0.3 is 6.15 Å². The third kappa shape index (κ3) is 7.23. The van der Waals surface area contributed by atoms with Gasteiger partial charge in [-0.15, -0.1) is 5.11 Å². The first-order valence-corrected chi connectivity index (χ1v) is 2.61. The van der Waals surface area contributed by atoms with Gasteiger partial charge in [0.25, 0.3) is 0 Å². The van der Waals surface area contributed by atoms with E-state index >= 15 is 0 Å². The van der Waals surface area contributed by atoms with Gasteiger partial charge in [0.1, 0.15) is 5.84 Å². The van der Waals surface area contributed by atoms with Crippen LogP contribution in [0.4, 0.5) is 0 Å². The van der Waals surface area contributed by atoms with Crippen LogP contribution < -0.4 is 6.15 Å². The molecular formula is C5H14N4. The number of nitrogens with one attached hydrogen (secondary N) is 2. The van der Waals surface area contributed by atoms with Crippen molar-refractivity contribution < 1.29 is 0 Å². The molecule has 0 aromatic rings. The van der Waals surface area contributed by atoms with E-state index in [1.807, 2.05) is 13.8 Å². The SMILES string of the molecule is CC(C)CC(=N)N=N.N. The highest BCUT2D eigenvalue weighted by Crippen LogP contribution is 1.99. The summed E-state index contributed by atoms with van der Waals surface area (Å²) in [6.45, 7) is 4.00. The number of amidine groups is 1. The minimum Gasteiger partial charge on any atom is -0.344 e. The Morgan fingerprint density at radius 2 is 2.00 bits per heavy atom. The Labute approximate surface area is 55.3 Å². The zero-order chi connectivity index (χ0) is 6.57. The van der Waals surface area contributed by atoms with E-state index in [4.69, 9.17) is 10.9 Å². The molecule has 4 heteroatoms. The minimum absolute atomic E-state index is 0. The fraction of sp³-hybridized carbons (Fsp3) is 0.800. The standard InChI is InChI=1S/C5H11N3.H3N/c1-4(2)3-5(6)8-7;/h4,6-7H,3H2,1-2H3;1H3. The van der Waals surface area contributed by atoms with Crippen LogP contribution in [0.1, 0.15) is 20.3 Å². The van der Waals surface area contributed by atoms with Crippen molar-refractivity contribution in [2.75, 3.05) is 0 Å². The largest absolute Gasteiger partial charge is 0.344 e. The lowest BCUT2D eigenvalue weighted by atomic mass is 10.1. The summed E-state index contributed by atoms with van der Waals surface area (Å²) in [7, 11) is 0. The summed E-state index contributed by atoms with van der Waals surface area (Å²) in [5.41, 5.74) is 6.40. The predicted octanol–water partition coefficient (Wildman–Crippen LogP) is 2.20. The number of hydrogen-bond donors (Lipinski definition) is 3. The molecule has 0 aliphatic carbocycles. The van der Waals surface area contributed by atoms with Crippen LogP contribution in [0, 0.1) is 16.9 Å². The lowest BCUT2D eigenvalue weighted by Crippen LogP contribution is -1.96. The summed E-state index contributed by atoms with van der Waals surface area (Å²) < 4.78 is 0. The summed E-state index contributed by atoms with van der Waals surface area (Å²) in [4.78, 5) is 0. The Morgan fingerprint density at radius 1 is 1.56 bits per heavy atom. The average molecular weight is 130 g/mol. The maximum absolute atomic E-state index is 6.91. The summed E-state index contributed by atoms with van der Waals surface area (Å²) >= 11 is 0. The molecule has 5 N–H and O–H groups in total. The lowest BCUT2D eigenvalue weighted by Gasteiger charge is -1.97. The van der Waals surface area contributed by atoms with E-state index in [9.17, 15) is 0 Å². The molecule has 0 bridgehead atoms. The van der Waals surface area contributed by atoms with Gasteiger partial charge in [0.05, 0.1) is 0 Å². The number of rotatable bonds is 2. The second kappa shape index (κ2) is 5.37. The van der Waals surface area contributed by atoms with Crippen LogP contribution in [-0.4, -0.2) is 5.84 Å². The van der Waals surface area contributed by atoms with Crippen molar-refractivity contribution >= 4 is 5.84 Å². The first kappa shape index (κ1) is 11.1. The van der Waals surface area contributed by atoms with Crippen LogP contribution in [0.25, 0.3) is 0 Å². The second-order valence-corrected chi connectivity index (χ2v) is 2.16. The van der Waals surface area contributed by atoms with Crippen LogP contribution >= 0.6 is 0 Å². The highest BCUT2D eigenvalue weighted by Gasteiger charge is 1.96. The van der Waals surface area contributed by atoms with Gasteiger partial charge in [-0.2, -0.15) is 0 Å². The van der Waals surface area contributed by atoms with Crippen LogP contribution in [0.2, 0.25) is 0 Å². The van der Waals surface area contributed by atoms with Crippen LogP contribution in [0.3, 0.4) is 0 Å². The lowest BCUT2D eigenvalue weighted by molar-refractivity contribution is 0.676. The molecule has 0 aliphatic rings. The van der Waals surface area contributed by atoms with E-state index in [1.165, 1.54) is 0 Å². The summed E-state index contributed by atoms with van der Waals surface area (Å²) in [6.07, 6.45) is 0.615. The zero-order valence-corrected chi connectivity index (χ0v) is 5.94. The normalized spacial score (nSPS) is 8.33. The van der Waals surface area contributed by atoms with Gasteiger partial charge in [0, 0.05) is 6.42 Å². The summed E-state index contributed by atoms with van der Waals surface area (Å²) in [5.74, 6) is 0.608. The zero-order valence-electron chi connectivity index (χ0n) is 5.94. The van der Waals surface area contributed by atoms with Gasteiger partial charge in [-0.25, -0.2) is 5.53 Å². The number of hydrogen-bond acceptors (Lipinski definition) is 3. The molecule has 0 amide bonds. The molecule has 54 valence electrons. The smallest absolute Gasteiger partial charge is 0.142 e. The molecule has 0 radical (unpaired) electrons. The third-order valence-electron chi connectivity index (χ3n) is 0.737. The first-order chi connectivity index (χ1) is 3.66. The highest BCUT2D eigenvalue weighted by atomic mass is 15.0. The van der Waals surface area contributed by atoms with Gasteiger partial charge in [-0.3, -0.25) is 5.41 Å². The Morgan fingerprint density at radius 3 is 2.11 bits per heavy atom. The molecule has 0 rings (SSSR count). The van der Waals surface area contributed by atoms with Crippen LogP contribution in [-0.2, 0) is 0 Å². The van der Waals surface area contributed by atoms with Crippen LogP contribution in [0.5, 0.6) is 0 Å². The molecule has 0 aromatic heterocycles. The van der Waals surface area contributed by atoms with Crippen molar-refractivity contribution in [1.29, 1.82) is 10.9 Å². The van der Waals surface area contributed by atoms with Gasteiger partial charge in [-0.1, -0.05) is 13.8 Å². The Bertz CT molecular complexity index is 97.1. The van der Waals surface area contributed by atoms with Crippen molar-refractivity contribution in [3.05, 3.63) is 0 Å². The predicted molar refractivity (Wildman–Crippen MR) is 37.4 cm³/mol. The minimum atomic E-state index is 0. The van der Waals surface area contributed by atoms with E-state index < -0.39 is 0 Å². The van der Waals surface area contributed by atoms with E-state index in [2.05, 4.69) is 5.11 Å². The van der Waals surface area contributed by atoms with Crippen molar-refractivity contribution in [3.8, 4) is 0 Å². The average Bonchev–Trinajstić information content (AvgIpc) is 1.65. The monoisotopic (exact) mass is 130 g/mol. The molecule has 0 aromatic carbocycles. The maximum atomic E-state index is 6.91. The Balaban J connectivity index is 0. The van der Waals surface area contributed by atoms with Gasteiger partial charge in [-0.05, 0) is 5.92 Å². The van der Waals surface area contributed by atoms with Gasteiger partial charge in [0.2, 0.25) is 0 Å². The van der Waals surface area contributed by atoms with Crippen molar-refractivity contribution in [2.45, 2.75) is 20.3 Å². The first-order valence-electron chi connectivity index (χ1n) is 2.61. The molecule has 4 nitrogen and oxygen atoms in total. The molecule has 0 fully saturated rings.